The molecule has 0 heterocycles. The van der Waals surface area contributed by atoms with Crippen molar-refractivity contribution in [1.82, 2.24) is 5.32 Å². The zero-order chi connectivity index (χ0) is 14.1. The number of benzene rings is 1. The van der Waals surface area contributed by atoms with Gasteiger partial charge in [0.1, 0.15) is 12.4 Å². The van der Waals surface area contributed by atoms with Crippen molar-refractivity contribution in [3.63, 3.8) is 0 Å². The van der Waals surface area contributed by atoms with Crippen molar-refractivity contribution >= 4 is 5.97 Å². The maximum atomic E-state index is 11.5. The molecule has 1 rings (SSSR count). The van der Waals surface area contributed by atoms with Crippen LogP contribution in [0.1, 0.15) is 24.5 Å². The molecule has 1 N–H and O–H groups in total. The highest BCUT2D eigenvalue weighted by Crippen LogP contribution is 2.18. The van der Waals surface area contributed by atoms with Crippen LogP contribution >= 0.6 is 0 Å². The van der Waals surface area contributed by atoms with E-state index in [9.17, 15) is 4.79 Å². The summed E-state index contributed by atoms with van der Waals surface area (Å²) in [6, 6.07) is 5.91. The molecule has 106 valence electrons. The Labute approximate surface area is 115 Å². The molecule has 0 amide bonds. The Morgan fingerprint density at radius 3 is 2.79 bits per heavy atom. The van der Waals surface area contributed by atoms with Gasteiger partial charge in [0.15, 0.2) is 6.61 Å². The molecule has 0 unspecified atom stereocenters. The number of esters is 1. The van der Waals surface area contributed by atoms with Gasteiger partial charge in [0.2, 0.25) is 0 Å². The molecule has 0 fully saturated rings. The minimum absolute atomic E-state index is 0.0436. The SMILES string of the molecule is CCCNCCOC(=O)COc1cc(C)ccc1C. The Kier molecular flexibility index (Phi) is 6.97. The van der Waals surface area contributed by atoms with Gasteiger partial charge in [-0.25, -0.2) is 4.79 Å². The summed E-state index contributed by atoms with van der Waals surface area (Å²) in [7, 11) is 0. The fourth-order valence-corrected chi connectivity index (χ4v) is 1.58. The molecule has 4 heteroatoms. The van der Waals surface area contributed by atoms with E-state index >= 15 is 0 Å². The van der Waals surface area contributed by atoms with Gasteiger partial charge < -0.3 is 14.8 Å². The molecule has 4 nitrogen and oxygen atoms in total. The lowest BCUT2D eigenvalue weighted by atomic mass is 10.1. The van der Waals surface area contributed by atoms with Crippen molar-refractivity contribution in [3.8, 4) is 5.75 Å². The lowest BCUT2D eigenvalue weighted by Gasteiger charge is -2.10. The van der Waals surface area contributed by atoms with E-state index in [1.54, 1.807) is 0 Å². The van der Waals surface area contributed by atoms with Gasteiger partial charge in [0.25, 0.3) is 0 Å². The van der Waals surface area contributed by atoms with E-state index in [1.165, 1.54) is 0 Å². The van der Waals surface area contributed by atoms with Gasteiger partial charge in [-0.05, 0) is 44.0 Å². The normalized spacial score (nSPS) is 10.3. The maximum absolute atomic E-state index is 11.5. The van der Waals surface area contributed by atoms with Crippen molar-refractivity contribution in [2.75, 3.05) is 26.3 Å². The van der Waals surface area contributed by atoms with Crippen molar-refractivity contribution in [3.05, 3.63) is 29.3 Å². The molecule has 0 spiro atoms. The smallest absolute Gasteiger partial charge is 0.344 e. The van der Waals surface area contributed by atoms with Gasteiger partial charge in [-0.1, -0.05) is 19.1 Å². The van der Waals surface area contributed by atoms with Crippen LogP contribution in [0.15, 0.2) is 18.2 Å². The van der Waals surface area contributed by atoms with Crippen LogP contribution in [-0.2, 0) is 9.53 Å². The van der Waals surface area contributed by atoms with Crippen LogP contribution in [-0.4, -0.2) is 32.3 Å². The quantitative estimate of drug-likeness (QED) is 0.578. The zero-order valence-corrected chi connectivity index (χ0v) is 12.0. The fraction of sp³-hybridized carbons (Fsp3) is 0.533. The molecule has 19 heavy (non-hydrogen) atoms. The van der Waals surface area contributed by atoms with Crippen LogP contribution in [0.25, 0.3) is 0 Å². The highest BCUT2D eigenvalue weighted by molar-refractivity contribution is 5.71. The average Bonchev–Trinajstić information content (AvgIpc) is 2.39. The fourth-order valence-electron chi connectivity index (χ4n) is 1.58. The Balaban J connectivity index is 2.24. The van der Waals surface area contributed by atoms with Crippen LogP contribution in [0.3, 0.4) is 0 Å². The first-order valence-corrected chi connectivity index (χ1v) is 6.70. The number of aryl methyl sites for hydroxylation is 2. The maximum Gasteiger partial charge on any atom is 0.344 e. The van der Waals surface area contributed by atoms with Crippen LogP contribution in [0.5, 0.6) is 5.75 Å². The van der Waals surface area contributed by atoms with Crippen molar-refractivity contribution in [2.45, 2.75) is 27.2 Å². The molecule has 0 saturated carbocycles. The molecule has 0 aliphatic heterocycles. The van der Waals surface area contributed by atoms with Crippen LogP contribution in [0.2, 0.25) is 0 Å². The topological polar surface area (TPSA) is 47.6 Å². The van der Waals surface area contributed by atoms with E-state index < -0.39 is 0 Å². The predicted octanol–water partition coefficient (Wildman–Crippen LogP) is 2.23. The summed E-state index contributed by atoms with van der Waals surface area (Å²) in [5.41, 5.74) is 2.13. The standard InChI is InChI=1S/C15H23NO3/c1-4-7-16-8-9-18-15(17)11-19-14-10-12(2)5-6-13(14)3/h5-6,10,16H,4,7-9,11H2,1-3H3. The number of hydrogen-bond donors (Lipinski definition) is 1. The molecule has 0 saturated heterocycles. The largest absolute Gasteiger partial charge is 0.482 e. The van der Waals surface area contributed by atoms with Crippen LogP contribution in [0.4, 0.5) is 0 Å². The Hall–Kier alpha value is -1.55. The first kappa shape index (κ1) is 15.5. The Morgan fingerprint density at radius 2 is 2.05 bits per heavy atom. The number of hydrogen-bond acceptors (Lipinski definition) is 4. The first-order valence-electron chi connectivity index (χ1n) is 6.70. The van der Waals surface area contributed by atoms with Gasteiger partial charge in [-0.3, -0.25) is 0 Å². The molecular weight excluding hydrogens is 242 g/mol. The summed E-state index contributed by atoms with van der Waals surface area (Å²) in [6.45, 7) is 8.00. The summed E-state index contributed by atoms with van der Waals surface area (Å²) in [5.74, 6) is 0.403. The number of rotatable bonds is 8. The highest BCUT2D eigenvalue weighted by atomic mass is 16.6. The second-order valence-electron chi connectivity index (χ2n) is 4.53. The minimum Gasteiger partial charge on any atom is -0.482 e. The van der Waals surface area contributed by atoms with E-state index in [2.05, 4.69) is 12.2 Å². The van der Waals surface area contributed by atoms with Crippen molar-refractivity contribution < 1.29 is 14.3 Å². The molecule has 0 atom stereocenters. The average molecular weight is 265 g/mol. The second kappa shape index (κ2) is 8.53. The summed E-state index contributed by atoms with van der Waals surface area (Å²) >= 11 is 0. The summed E-state index contributed by atoms with van der Waals surface area (Å²) < 4.78 is 10.5. The van der Waals surface area contributed by atoms with Gasteiger partial charge in [-0.2, -0.15) is 0 Å². The lowest BCUT2D eigenvalue weighted by molar-refractivity contribution is -0.145. The predicted molar refractivity (Wildman–Crippen MR) is 75.5 cm³/mol. The molecule has 0 aromatic heterocycles. The molecule has 0 aliphatic rings. The van der Waals surface area contributed by atoms with Gasteiger partial charge in [0.05, 0.1) is 0 Å². The van der Waals surface area contributed by atoms with Crippen LogP contribution in [0, 0.1) is 13.8 Å². The number of ether oxygens (including phenoxy) is 2. The van der Waals surface area contributed by atoms with E-state index in [-0.39, 0.29) is 12.6 Å². The Bertz CT molecular complexity index is 404. The highest BCUT2D eigenvalue weighted by Gasteiger charge is 2.06. The molecule has 1 aromatic rings. The third kappa shape index (κ3) is 6.25. The molecule has 0 bridgehead atoms. The number of carbonyl (C=O) groups excluding carboxylic acids is 1. The van der Waals surface area contributed by atoms with Gasteiger partial charge in [0, 0.05) is 6.54 Å². The molecular formula is C15H23NO3. The monoisotopic (exact) mass is 265 g/mol. The third-order valence-corrected chi connectivity index (χ3v) is 2.66. The van der Waals surface area contributed by atoms with Gasteiger partial charge in [-0.15, -0.1) is 0 Å². The lowest BCUT2D eigenvalue weighted by Crippen LogP contribution is -2.24. The van der Waals surface area contributed by atoms with E-state index in [4.69, 9.17) is 9.47 Å². The summed E-state index contributed by atoms with van der Waals surface area (Å²) in [6.07, 6.45) is 1.07. The molecule has 0 aliphatic carbocycles. The van der Waals surface area contributed by atoms with Crippen molar-refractivity contribution in [2.24, 2.45) is 0 Å². The second-order valence-corrected chi connectivity index (χ2v) is 4.53. The zero-order valence-electron chi connectivity index (χ0n) is 12.0. The van der Waals surface area contributed by atoms with Crippen molar-refractivity contribution in [1.29, 1.82) is 0 Å². The Morgan fingerprint density at radius 1 is 1.26 bits per heavy atom. The summed E-state index contributed by atoms with van der Waals surface area (Å²) in [5, 5.41) is 3.16. The van der Waals surface area contributed by atoms with Gasteiger partial charge >= 0.3 is 5.97 Å². The first-order chi connectivity index (χ1) is 9.13. The number of carbonyl (C=O) groups is 1. The minimum atomic E-state index is -0.334. The molecule has 1 aromatic carbocycles. The van der Waals surface area contributed by atoms with E-state index in [0.29, 0.717) is 13.2 Å². The number of nitrogens with one attached hydrogen (secondary N) is 1. The summed E-state index contributed by atoms with van der Waals surface area (Å²) in [4.78, 5) is 11.5. The third-order valence-electron chi connectivity index (χ3n) is 2.66. The van der Waals surface area contributed by atoms with E-state index in [0.717, 1.165) is 29.8 Å². The van der Waals surface area contributed by atoms with E-state index in [1.807, 2.05) is 32.0 Å². The van der Waals surface area contributed by atoms with Crippen LogP contribution < -0.4 is 10.1 Å². The molecule has 0 radical (unpaired) electrons.